The third kappa shape index (κ3) is 4.99. The smallest absolute Gasteiger partial charge is 0.313 e. The predicted octanol–water partition coefficient (Wildman–Crippen LogP) is 6.26. The van der Waals surface area contributed by atoms with Crippen LogP contribution in [0.3, 0.4) is 0 Å². The summed E-state index contributed by atoms with van der Waals surface area (Å²) in [4.78, 5) is 17.8. The van der Waals surface area contributed by atoms with Gasteiger partial charge in [0.15, 0.2) is 0 Å². The Morgan fingerprint density at radius 1 is 1.16 bits per heavy atom. The quantitative estimate of drug-likeness (QED) is 0.396. The molecule has 2 aromatic rings. The van der Waals surface area contributed by atoms with Crippen molar-refractivity contribution < 1.29 is 9.53 Å². The molecule has 1 aromatic heterocycles. The molecule has 1 atom stereocenters. The Labute approximate surface area is 191 Å². The van der Waals surface area contributed by atoms with Gasteiger partial charge in [0.2, 0.25) is 0 Å². The molecule has 1 aliphatic heterocycles. The van der Waals surface area contributed by atoms with Crippen molar-refractivity contribution in [2.45, 2.75) is 76.5 Å². The summed E-state index contributed by atoms with van der Waals surface area (Å²) >= 11 is 1.98. The van der Waals surface area contributed by atoms with Crippen molar-refractivity contribution in [3.8, 4) is 11.8 Å². The van der Waals surface area contributed by atoms with E-state index < -0.39 is 0 Å². The molecule has 0 saturated carbocycles. The zero-order valence-electron chi connectivity index (χ0n) is 19.4. The summed E-state index contributed by atoms with van der Waals surface area (Å²) < 4.78 is 5.15. The van der Waals surface area contributed by atoms with Gasteiger partial charge < -0.3 is 4.74 Å². The normalized spacial score (nSPS) is 15.4. The Morgan fingerprint density at radius 3 is 2.61 bits per heavy atom. The molecule has 0 fully saturated rings. The third-order valence-corrected chi connectivity index (χ3v) is 7.65. The number of carbonyl (C=O) groups is 1. The van der Waals surface area contributed by atoms with Gasteiger partial charge in [0.1, 0.15) is 0 Å². The zero-order chi connectivity index (χ0) is 22.4. The van der Waals surface area contributed by atoms with Crippen LogP contribution < -0.4 is 0 Å². The van der Waals surface area contributed by atoms with Gasteiger partial charge in [-0.1, -0.05) is 32.6 Å². The molecule has 0 radical (unpaired) electrons. The minimum absolute atomic E-state index is 0.231. The van der Waals surface area contributed by atoms with Crippen LogP contribution in [0.25, 0.3) is 0 Å². The van der Waals surface area contributed by atoms with Crippen molar-refractivity contribution >= 4 is 17.7 Å². The van der Waals surface area contributed by atoms with E-state index in [1.165, 1.54) is 28.2 Å². The lowest BCUT2D eigenvalue weighted by molar-refractivity contribution is -0.144. The number of rotatable bonds is 6. The number of nitrogens with zero attached hydrogens (tertiary/aromatic N) is 1. The topological polar surface area (TPSA) is 39.2 Å². The Balaban J connectivity index is 1.98. The largest absolute Gasteiger partial charge is 0.466 e. The van der Waals surface area contributed by atoms with Crippen LogP contribution in [0.15, 0.2) is 35.5 Å². The number of pyridine rings is 1. The van der Waals surface area contributed by atoms with E-state index in [4.69, 9.17) is 4.74 Å². The second kappa shape index (κ2) is 10.4. The monoisotopic (exact) mass is 435 g/mol. The third-order valence-electron chi connectivity index (χ3n) is 6.59. The SMILES string of the molecule is CCOC(=O)C(C)c1cncc(C#Cc2cc3c(cc2CC)SCCC3(CC)CC)c1. The molecule has 3 rings (SSSR count). The Kier molecular flexibility index (Phi) is 7.84. The molecule has 0 aliphatic carbocycles. The summed E-state index contributed by atoms with van der Waals surface area (Å²) in [7, 11) is 0. The molecule has 0 amide bonds. The van der Waals surface area contributed by atoms with Gasteiger partial charge >= 0.3 is 5.97 Å². The molecular weight excluding hydrogens is 402 g/mol. The molecule has 1 aromatic carbocycles. The molecule has 3 nitrogen and oxygen atoms in total. The van der Waals surface area contributed by atoms with Gasteiger partial charge in [-0.15, -0.1) is 11.8 Å². The number of esters is 1. The van der Waals surface area contributed by atoms with Gasteiger partial charge in [-0.05, 0) is 85.6 Å². The fourth-order valence-electron chi connectivity index (χ4n) is 4.35. The molecule has 2 heterocycles. The van der Waals surface area contributed by atoms with Crippen LogP contribution >= 0.6 is 11.8 Å². The molecule has 0 bridgehead atoms. The summed E-state index contributed by atoms with van der Waals surface area (Å²) in [5.74, 6) is 7.33. The van der Waals surface area contributed by atoms with Crippen molar-refractivity contribution in [2.24, 2.45) is 0 Å². The van der Waals surface area contributed by atoms with Crippen LogP contribution in [0.5, 0.6) is 0 Å². The Hall–Kier alpha value is -2.25. The molecule has 0 spiro atoms. The van der Waals surface area contributed by atoms with Gasteiger partial charge in [0.25, 0.3) is 0 Å². The van der Waals surface area contributed by atoms with Crippen LogP contribution in [0, 0.1) is 11.8 Å². The van der Waals surface area contributed by atoms with E-state index in [2.05, 4.69) is 49.7 Å². The lowest BCUT2D eigenvalue weighted by atomic mass is 9.72. The summed E-state index contributed by atoms with van der Waals surface area (Å²) in [5, 5.41) is 0. The highest BCUT2D eigenvalue weighted by molar-refractivity contribution is 7.99. The summed E-state index contributed by atoms with van der Waals surface area (Å²) in [6.07, 6.45) is 7.99. The van der Waals surface area contributed by atoms with Crippen molar-refractivity contribution in [2.75, 3.05) is 12.4 Å². The highest BCUT2D eigenvalue weighted by Crippen LogP contribution is 2.46. The molecule has 1 aliphatic rings. The maximum absolute atomic E-state index is 12.1. The van der Waals surface area contributed by atoms with Gasteiger partial charge in [-0.2, -0.15) is 0 Å². The second-order valence-corrected chi connectivity index (χ2v) is 9.31. The first kappa shape index (κ1) is 23.4. The number of hydrogen-bond donors (Lipinski definition) is 0. The standard InChI is InChI=1S/C27H33NO2S/c1-6-21-16-25-24(27(7-2,8-3)12-13-31-25)15-22(21)11-10-20-14-23(18-28-17-20)19(5)26(29)30-9-4/h14-19H,6-9,12-13H2,1-5H3. The summed E-state index contributed by atoms with van der Waals surface area (Å²) in [6, 6.07) is 6.66. The van der Waals surface area contributed by atoms with E-state index in [0.717, 1.165) is 36.0 Å². The Morgan fingerprint density at radius 2 is 1.94 bits per heavy atom. The van der Waals surface area contributed by atoms with Crippen LogP contribution in [0.2, 0.25) is 0 Å². The predicted molar refractivity (Wildman–Crippen MR) is 129 cm³/mol. The average Bonchev–Trinajstić information content (AvgIpc) is 2.81. The Bertz CT molecular complexity index is 998. The van der Waals surface area contributed by atoms with Crippen LogP contribution in [-0.4, -0.2) is 23.3 Å². The number of ether oxygens (including phenoxy) is 1. The number of benzene rings is 1. The maximum atomic E-state index is 12.1. The van der Waals surface area contributed by atoms with Crippen molar-refractivity contribution in [1.82, 2.24) is 4.98 Å². The average molecular weight is 436 g/mol. The molecule has 1 unspecified atom stereocenters. The fraction of sp³-hybridized carbons (Fsp3) is 0.481. The van der Waals surface area contributed by atoms with E-state index in [1.807, 2.05) is 31.7 Å². The number of aromatic nitrogens is 1. The van der Waals surface area contributed by atoms with Gasteiger partial charge in [0.05, 0.1) is 12.5 Å². The number of hydrogen-bond acceptors (Lipinski definition) is 4. The number of aryl methyl sites for hydroxylation is 1. The van der Waals surface area contributed by atoms with Crippen LogP contribution in [0.1, 0.15) is 87.6 Å². The first-order valence-electron chi connectivity index (χ1n) is 11.4. The van der Waals surface area contributed by atoms with Gasteiger partial charge in [0, 0.05) is 28.4 Å². The molecule has 31 heavy (non-hydrogen) atoms. The molecule has 0 N–H and O–H groups in total. The van der Waals surface area contributed by atoms with E-state index in [9.17, 15) is 4.79 Å². The van der Waals surface area contributed by atoms with Gasteiger partial charge in [-0.25, -0.2) is 0 Å². The van der Waals surface area contributed by atoms with Crippen molar-refractivity contribution in [1.29, 1.82) is 0 Å². The first-order chi connectivity index (χ1) is 15.0. The highest BCUT2D eigenvalue weighted by Gasteiger charge is 2.34. The second-order valence-electron chi connectivity index (χ2n) is 8.18. The van der Waals surface area contributed by atoms with Crippen LogP contribution in [-0.2, 0) is 21.4 Å². The molecule has 164 valence electrons. The number of carbonyl (C=O) groups excluding carboxylic acids is 1. The van der Waals surface area contributed by atoms with Gasteiger partial charge in [-0.3, -0.25) is 9.78 Å². The van der Waals surface area contributed by atoms with E-state index >= 15 is 0 Å². The van der Waals surface area contributed by atoms with E-state index in [1.54, 1.807) is 12.4 Å². The maximum Gasteiger partial charge on any atom is 0.313 e. The van der Waals surface area contributed by atoms with Crippen molar-refractivity contribution in [3.05, 3.63) is 58.4 Å². The van der Waals surface area contributed by atoms with E-state index in [0.29, 0.717) is 6.61 Å². The lowest BCUT2D eigenvalue weighted by Gasteiger charge is -2.38. The number of fused-ring (bicyclic) bond motifs is 1. The number of thioether (sulfide) groups is 1. The molecule has 0 saturated heterocycles. The van der Waals surface area contributed by atoms with Crippen LogP contribution in [0.4, 0.5) is 0 Å². The molecular formula is C27H33NO2S. The summed E-state index contributed by atoms with van der Waals surface area (Å²) in [6.45, 7) is 10.9. The van der Waals surface area contributed by atoms with E-state index in [-0.39, 0.29) is 17.3 Å². The molecule has 4 heteroatoms. The first-order valence-corrected chi connectivity index (χ1v) is 12.4. The minimum Gasteiger partial charge on any atom is -0.466 e. The lowest BCUT2D eigenvalue weighted by Crippen LogP contribution is -2.29. The fourth-order valence-corrected chi connectivity index (χ4v) is 5.72. The highest BCUT2D eigenvalue weighted by atomic mass is 32.2. The van der Waals surface area contributed by atoms with Crippen molar-refractivity contribution in [3.63, 3.8) is 0 Å². The summed E-state index contributed by atoms with van der Waals surface area (Å²) in [5.41, 5.74) is 5.79. The zero-order valence-corrected chi connectivity index (χ0v) is 20.2. The minimum atomic E-state index is -0.351.